The molecule has 2 N–H and O–H groups in total. The molecule has 2 aromatic rings. The van der Waals surface area contributed by atoms with Crippen molar-refractivity contribution in [2.45, 2.75) is 12.3 Å². The van der Waals surface area contributed by atoms with Crippen LogP contribution in [0.25, 0.3) is 0 Å². The molecule has 4 nitrogen and oxygen atoms in total. The highest BCUT2D eigenvalue weighted by molar-refractivity contribution is 5.88. The Hall–Kier alpha value is -2.23. The smallest absolute Gasteiger partial charge is 0.229 e. The number of benzene rings is 1. The number of hydrogen-bond acceptors (Lipinski definition) is 3. The minimum atomic E-state index is -0.0900. The Morgan fingerprint density at radius 2 is 2.21 bits per heavy atom. The van der Waals surface area contributed by atoms with Gasteiger partial charge < -0.3 is 15.1 Å². The van der Waals surface area contributed by atoms with Crippen LogP contribution in [-0.2, 0) is 11.2 Å². The molecule has 2 heterocycles. The number of nitrogens with one attached hydrogen (secondary N) is 2. The monoisotopic (exact) mass is 256 g/mol. The Bertz CT molecular complexity index is 563. The molecular weight excluding hydrogens is 240 g/mol. The second kappa shape index (κ2) is 5.18. The topological polar surface area (TPSA) is 54.3 Å². The third-order valence-electron chi connectivity index (χ3n) is 3.40. The molecule has 1 aliphatic rings. The highest BCUT2D eigenvalue weighted by Crippen LogP contribution is 2.30. The molecular formula is C15H16N2O2. The zero-order chi connectivity index (χ0) is 13.1. The maximum atomic E-state index is 12.2. The van der Waals surface area contributed by atoms with Gasteiger partial charge in [0, 0.05) is 25.2 Å². The number of amides is 1. The lowest BCUT2D eigenvalue weighted by Gasteiger charge is -2.10. The maximum absolute atomic E-state index is 12.2. The van der Waals surface area contributed by atoms with Gasteiger partial charge in [-0.25, -0.2) is 0 Å². The number of anilines is 1. The number of rotatable bonds is 4. The first-order valence-corrected chi connectivity index (χ1v) is 6.47. The van der Waals surface area contributed by atoms with E-state index in [9.17, 15) is 4.79 Å². The van der Waals surface area contributed by atoms with Gasteiger partial charge in [0.2, 0.25) is 5.91 Å². The Morgan fingerprint density at radius 1 is 1.32 bits per heavy atom. The number of carbonyl (C=O) groups excluding carboxylic acids is 1. The summed E-state index contributed by atoms with van der Waals surface area (Å²) < 4.78 is 5.23. The quantitative estimate of drug-likeness (QED) is 0.881. The highest BCUT2D eigenvalue weighted by Gasteiger charge is 2.27. The van der Waals surface area contributed by atoms with Crippen LogP contribution in [0.4, 0.5) is 5.69 Å². The van der Waals surface area contributed by atoms with Crippen molar-refractivity contribution in [2.24, 2.45) is 0 Å². The van der Waals surface area contributed by atoms with Crippen molar-refractivity contribution < 1.29 is 9.21 Å². The summed E-state index contributed by atoms with van der Waals surface area (Å²) in [4.78, 5) is 12.2. The van der Waals surface area contributed by atoms with Gasteiger partial charge in [0.1, 0.15) is 5.76 Å². The third-order valence-corrected chi connectivity index (χ3v) is 3.40. The van der Waals surface area contributed by atoms with Crippen molar-refractivity contribution in [3.8, 4) is 0 Å². The summed E-state index contributed by atoms with van der Waals surface area (Å²) in [7, 11) is 0. The summed E-state index contributed by atoms with van der Waals surface area (Å²) in [6, 6.07) is 11.7. The van der Waals surface area contributed by atoms with E-state index in [1.165, 1.54) is 0 Å². The number of hydrogen-bond donors (Lipinski definition) is 2. The summed E-state index contributed by atoms with van der Waals surface area (Å²) in [5.41, 5.74) is 2.15. The first-order valence-electron chi connectivity index (χ1n) is 6.47. The zero-order valence-corrected chi connectivity index (χ0v) is 10.6. The fraction of sp³-hybridized carbons (Fsp3) is 0.267. The van der Waals surface area contributed by atoms with Crippen LogP contribution in [-0.4, -0.2) is 19.0 Å². The fourth-order valence-electron chi connectivity index (χ4n) is 2.40. The van der Waals surface area contributed by atoms with Crippen LogP contribution in [0.5, 0.6) is 0 Å². The van der Waals surface area contributed by atoms with Crippen LogP contribution in [0.3, 0.4) is 0 Å². The average Bonchev–Trinajstić information content (AvgIpc) is 3.07. The maximum Gasteiger partial charge on any atom is 0.229 e. The number of carbonyl (C=O) groups is 1. The minimum Gasteiger partial charge on any atom is -0.469 e. The summed E-state index contributed by atoms with van der Waals surface area (Å²) >= 11 is 0. The molecule has 98 valence electrons. The molecule has 0 saturated carbocycles. The molecule has 1 aliphatic heterocycles. The first kappa shape index (κ1) is 11.8. The van der Waals surface area contributed by atoms with Crippen molar-refractivity contribution in [1.29, 1.82) is 0 Å². The Balaban J connectivity index is 1.57. The Labute approximate surface area is 111 Å². The van der Waals surface area contributed by atoms with Crippen molar-refractivity contribution >= 4 is 11.6 Å². The van der Waals surface area contributed by atoms with Crippen molar-refractivity contribution in [3.63, 3.8) is 0 Å². The summed E-state index contributed by atoms with van der Waals surface area (Å²) in [6.45, 7) is 1.27. The lowest BCUT2D eigenvalue weighted by molar-refractivity contribution is -0.122. The predicted molar refractivity (Wildman–Crippen MR) is 73.1 cm³/mol. The fourth-order valence-corrected chi connectivity index (χ4v) is 2.40. The predicted octanol–water partition coefficient (Wildman–Crippen LogP) is 2.15. The molecule has 0 fully saturated rings. The van der Waals surface area contributed by atoms with Gasteiger partial charge in [-0.1, -0.05) is 18.2 Å². The SMILES string of the molecule is O=C(NCCc1ccco1)C1CNc2ccccc21. The van der Waals surface area contributed by atoms with Gasteiger partial charge in [-0.05, 0) is 23.8 Å². The molecule has 3 rings (SSSR count). The highest BCUT2D eigenvalue weighted by atomic mass is 16.3. The lowest BCUT2D eigenvalue weighted by Crippen LogP contribution is -2.31. The van der Waals surface area contributed by atoms with Gasteiger partial charge in [0.25, 0.3) is 0 Å². The second-order valence-electron chi connectivity index (χ2n) is 4.64. The van der Waals surface area contributed by atoms with Crippen LogP contribution in [0.2, 0.25) is 0 Å². The van der Waals surface area contributed by atoms with Crippen molar-refractivity contribution in [2.75, 3.05) is 18.4 Å². The van der Waals surface area contributed by atoms with Crippen molar-refractivity contribution in [3.05, 3.63) is 54.0 Å². The molecule has 1 atom stereocenters. The summed E-state index contributed by atoms with van der Waals surface area (Å²) in [5.74, 6) is 0.877. The number of fused-ring (bicyclic) bond motifs is 1. The Morgan fingerprint density at radius 3 is 3.05 bits per heavy atom. The first-order chi connectivity index (χ1) is 9.34. The molecule has 0 aliphatic carbocycles. The molecule has 1 aromatic heterocycles. The van der Waals surface area contributed by atoms with E-state index in [-0.39, 0.29) is 11.8 Å². The molecule has 0 saturated heterocycles. The summed E-state index contributed by atoms with van der Waals surface area (Å²) in [6.07, 6.45) is 2.37. The molecule has 19 heavy (non-hydrogen) atoms. The van der Waals surface area contributed by atoms with E-state index in [1.807, 2.05) is 36.4 Å². The van der Waals surface area contributed by atoms with E-state index in [0.717, 1.165) is 23.4 Å². The van der Waals surface area contributed by atoms with Gasteiger partial charge in [0.15, 0.2) is 0 Å². The molecule has 1 aromatic carbocycles. The van der Waals surface area contributed by atoms with Gasteiger partial charge in [-0.2, -0.15) is 0 Å². The zero-order valence-electron chi connectivity index (χ0n) is 10.6. The van der Waals surface area contributed by atoms with Gasteiger partial charge in [0.05, 0.1) is 12.2 Å². The number of furan rings is 1. The van der Waals surface area contributed by atoms with Gasteiger partial charge in [-0.15, -0.1) is 0 Å². The molecule has 0 spiro atoms. The van der Waals surface area contributed by atoms with Crippen LogP contribution >= 0.6 is 0 Å². The van der Waals surface area contributed by atoms with E-state index in [0.29, 0.717) is 13.1 Å². The molecule has 0 bridgehead atoms. The van der Waals surface area contributed by atoms with E-state index in [2.05, 4.69) is 10.6 Å². The van der Waals surface area contributed by atoms with Gasteiger partial charge in [-0.3, -0.25) is 4.79 Å². The van der Waals surface area contributed by atoms with Crippen LogP contribution < -0.4 is 10.6 Å². The lowest BCUT2D eigenvalue weighted by atomic mass is 10.0. The molecule has 1 unspecified atom stereocenters. The Kier molecular flexibility index (Phi) is 3.23. The standard InChI is InChI=1S/C15H16N2O2/c18-15(16-8-7-11-4-3-9-19-11)13-10-17-14-6-2-1-5-12(13)14/h1-6,9,13,17H,7-8,10H2,(H,16,18). The molecule has 1 amide bonds. The number of para-hydroxylation sites is 1. The minimum absolute atomic E-state index is 0.0732. The second-order valence-corrected chi connectivity index (χ2v) is 4.64. The van der Waals surface area contributed by atoms with Crippen LogP contribution in [0.15, 0.2) is 47.1 Å². The molecule has 4 heteroatoms. The summed E-state index contributed by atoms with van der Waals surface area (Å²) in [5, 5.41) is 6.22. The van der Waals surface area contributed by atoms with E-state index < -0.39 is 0 Å². The molecule has 0 radical (unpaired) electrons. The average molecular weight is 256 g/mol. The van der Waals surface area contributed by atoms with E-state index >= 15 is 0 Å². The van der Waals surface area contributed by atoms with Gasteiger partial charge >= 0.3 is 0 Å². The van der Waals surface area contributed by atoms with Crippen molar-refractivity contribution in [1.82, 2.24) is 5.32 Å². The van der Waals surface area contributed by atoms with Crippen LogP contribution in [0, 0.1) is 0 Å². The largest absolute Gasteiger partial charge is 0.469 e. The van der Waals surface area contributed by atoms with E-state index in [4.69, 9.17) is 4.42 Å². The van der Waals surface area contributed by atoms with Crippen LogP contribution in [0.1, 0.15) is 17.2 Å². The van der Waals surface area contributed by atoms with E-state index in [1.54, 1.807) is 6.26 Å². The third kappa shape index (κ3) is 2.47. The normalized spacial score (nSPS) is 16.7.